The average molecular weight is 537 g/mol. The van der Waals surface area contributed by atoms with Gasteiger partial charge in [0.25, 0.3) is 5.91 Å². The number of nitrogens with zero attached hydrogens (tertiary/aromatic N) is 4. The maximum absolute atomic E-state index is 14.0. The lowest BCUT2D eigenvalue weighted by molar-refractivity contribution is -0.142. The fraction of sp³-hybridized carbons (Fsp3) is 0.333. The number of hydrogen-bond acceptors (Lipinski definition) is 8. The SMILES string of the molecule is CNC(=O)c1cc(Cl)ncc1NC(=O)C1(c2ccccc2C(C)C)CN(c2cnc(COC(C)=O)cn2)C1. The van der Waals surface area contributed by atoms with Gasteiger partial charge in [0.15, 0.2) is 0 Å². The third-order valence-corrected chi connectivity index (χ3v) is 6.69. The van der Waals surface area contributed by atoms with Crippen LogP contribution in [0.15, 0.2) is 48.9 Å². The molecule has 4 rings (SSSR count). The van der Waals surface area contributed by atoms with Crippen LogP contribution in [-0.4, -0.2) is 52.9 Å². The number of pyridine rings is 1. The fourth-order valence-corrected chi connectivity index (χ4v) is 4.65. The standard InChI is InChI=1S/C27H29ClN6O4/c1-16(2)19-7-5-6-8-21(19)27(26(37)33-22-11-31-23(28)9-20(22)25(36)29-4)14-34(15-27)24-12-30-18(10-32-24)13-38-17(3)35/h5-12,16H,13-15H2,1-4H3,(H,29,36)(H,33,37). The Kier molecular flexibility index (Phi) is 7.91. The van der Waals surface area contributed by atoms with Crippen LogP contribution in [-0.2, 0) is 26.3 Å². The van der Waals surface area contributed by atoms with Gasteiger partial charge in [-0.1, -0.05) is 49.7 Å². The smallest absolute Gasteiger partial charge is 0.303 e. The molecule has 3 heterocycles. The molecule has 1 saturated heterocycles. The number of ether oxygens (including phenoxy) is 1. The van der Waals surface area contributed by atoms with Crippen molar-refractivity contribution in [2.75, 3.05) is 30.4 Å². The molecule has 10 nitrogen and oxygen atoms in total. The molecule has 0 spiro atoms. The van der Waals surface area contributed by atoms with Crippen LogP contribution in [0.1, 0.15) is 53.9 Å². The van der Waals surface area contributed by atoms with Crippen LogP contribution in [0.3, 0.4) is 0 Å². The Morgan fingerprint density at radius 3 is 2.47 bits per heavy atom. The number of halogens is 1. The number of anilines is 2. The molecule has 2 amide bonds. The minimum atomic E-state index is -0.918. The molecule has 1 fully saturated rings. The first-order chi connectivity index (χ1) is 18.1. The number of aromatic nitrogens is 3. The molecule has 0 unspecified atom stereocenters. The van der Waals surface area contributed by atoms with Gasteiger partial charge >= 0.3 is 5.97 Å². The second kappa shape index (κ2) is 11.1. The topological polar surface area (TPSA) is 126 Å². The van der Waals surface area contributed by atoms with Crippen LogP contribution in [0.5, 0.6) is 0 Å². The molecule has 0 radical (unpaired) electrons. The summed E-state index contributed by atoms with van der Waals surface area (Å²) in [5, 5.41) is 5.65. The zero-order valence-electron chi connectivity index (χ0n) is 21.6. The molecular weight excluding hydrogens is 508 g/mol. The summed E-state index contributed by atoms with van der Waals surface area (Å²) in [6, 6.07) is 9.30. The predicted octanol–water partition coefficient (Wildman–Crippen LogP) is 3.47. The number of esters is 1. The van der Waals surface area contributed by atoms with E-state index in [-0.39, 0.29) is 40.7 Å². The van der Waals surface area contributed by atoms with Crippen molar-refractivity contribution in [3.8, 4) is 0 Å². The number of rotatable bonds is 8. The van der Waals surface area contributed by atoms with Crippen LogP contribution in [0, 0.1) is 0 Å². The zero-order chi connectivity index (χ0) is 27.4. The molecule has 1 aliphatic heterocycles. The first kappa shape index (κ1) is 27.0. The quantitative estimate of drug-likeness (QED) is 0.331. The molecule has 3 aromatic rings. The molecule has 2 aromatic heterocycles. The lowest BCUT2D eigenvalue weighted by atomic mass is 9.69. The lowest BCUT2D eigenvalue weighted by Crippen LogP contribution is -2.66. The van der Waals surface area contributed by atoms with Crippen molar-refractivity contribution in [2.45, 2.75) is 38.7 Å². The third kappa shape index (κ3) is 5.45. The molecule has 0 saturated carbocycles. The van der Waals surface area contributed by atoms with Crippen molar-refractivity contribution >= 4 is 40.9 Å². The summed E-state index contributed by atoms with van der Waals surface area (Å²) in [4.78, 5) is 52.3. The molecule has 198 valence electrons. The third-order valence-electron chi connectivity index (χ3n) is 6.48. The van der Waals surface area contributed by atoms with Crippen LogP contribution >= 0.6 is 11.6 Å². The van der Waals surface area contributed by atoms with Crippen LogP contribution < -0.4 is 15.5 Å². The van der Waals surface area contributed by atoms with E-state index in [0.717, 1.165) is 11.1 Å². The number of hydrogen-bond donors (Lipinski definition) is 2. The number of nitrogens with one attached hydrogen (secondary N) is 2. The largest absolute Gasteiger partial charge is 0.459 e. The predicted molar refractivity (Wildman–Crippen MR) is 143 cm³/mol. The Morgan fingerprint density at radius 1 is 1.11 bits per heavy atom. The summed E-state index contributed by atoms with van der Waals surface area (Å²) in [6.45, 7) is 6.23. The lowest BCUT2D eigenvalue weighted by Gasteiger charge is -2.50. The number of carbonyl (C=O) groups excluding carboxylic acids is 3. The first-order valence-electron chi connectivity index (χ1n) is 12.1. The molecule has 0 aliphatic carbocycles. The van der Waals surface area contributed by atoms with Gasteiger partial charge in [-0.25, -0.2) is 9.97 Å². The van der Waals surface area contributed by atoms with E-state index in [0.29, 0.717) is 24.6 Å². The maximum atomic E-state index is 14.0. The van der Waals surface area contributed by atoms with Gasteiger partial charge in [0.2, 0.25) is 5.91 Å². The van der Waals surface area contributed by atoms with E-state index < -0.39 is 11.4 Å². The van der Waals surface area contributed by atoms with Crippen molar-refractivity contribution in [1.82, 2.24) is 20.3 Å². The Morgan fingerprint density at radius 2 is 1.84 bits per heavy atom. The van der Waals surface area contributed by atoms with Gasteiger partial charge < -0.3 is 20.3 Å². The molecule has 11 heteroatoms. The molecule has 38 heavy (non-hydrogen) atoms. The summed E-state index contributed by atoms with van der Waals surface area (Å²) in [5.41, 5.74) is 2.07. The van der Waals surface area contributed by atoms with Gasteiger partial charge in [-0.3, -0.25) is 19.4 Å². The number of carbonyl (C=O) groups is 3. The minimum Gasteiger partial charge on any atom is -0.459 e. The van der Waals surface area contributed by atoms with Gasteiger partial charge in [0.1, 0.15) is 23.0 Å². The second-order valence-electron chi connectivity index (χ2n) is 9.41. The van der Waals surface area contributed by atoms with Crippen molar-refractivity contribution in [1.29, 1.82) is 0 Å². The van der Waals surface area contributed by atoms with E-state index in [1.165, 1.54) is 26.2 Å². The highest BCUT2D eigenvalue weighted by atomic mass is 35.5. The van der Waals surface area contributed by atoms with Gasteiger partial charge in [0.05, 0.1) is 35.5 Å². The Labute approximate surface area is 225 Å². The summed E-state index contributed by atoms with van der Waals surface area (Å²) in [5.74, 6) is -0.269. The molecule has 1 aromatic carbocycles. The number of benzene rings is 1. The maximum Gasteiger partial charge on any atom is 0.303 e. The summed E-state index contributed by atoms with van der Waals surface area (Å²) in [7, 11) is 1.50. The Bertz CT molecular complexity index is 1360. The number of amides is 2. The van der Waals surface area contributed by atoms with E-state index >= 15 is 0 Å². The summed E-state index contributed by atoms with van der Waals surface area (Å²) < 4.78 is 4.98. The van der Waals surface area contributed by atoms with Crippen LogP contribution in [0.2, 0.25) is 5.15 Å². The Balaban J connectivity index is 1.66. The van der Waals surface area contributed by atoms with Crippen molar-refractivity contribution < 1.29 is 19.1 Å². The molecule has 0 atom stereocenters. The highest BCUT2D eigenvalue weighted by molar-refractivity contribution is 6.30. The van der Waals surface area contributed by atoms with Crippen molar-refractivity contribution in [3.05, 3.63) is 76.5 Å². The fourth-order valence-electron chi connectivity index (χ4n) is 4.50. The van der Waals surface area contributed by atoms with Crippen molar-refractivity contribution in [2.24, 2.45) is 0 Å². The van der Waals surface area contributed by atoms with E-state index in [9.17, 15) is 14.4 Å². The Hall–Kier alpha value is -4.05. The zero-order valence-corrected chi connectivity index (χ0v) is 22.4. The van der Waals surface area contributed by atoms with Gasteiger partial charge in [-0.2, -0.15) is 0 Å². The van der Waals surface area contributed by atoms with Gasteiger partial charge in [-0.05, 0) is 23.1 Å². The van der Waals surface area contributed by atoms with Crippen molar-refractivity contribution in [3.63, 3.8) is 0 Å². The van der Waals surface area contributed by atoms with Gasteiger partial charge in [0, 0.05) is 27.1 Å². The highest BCUT2D eigenvalue weighted by Gasteiger charge is 2.52. The minimum absolute atomic E-state index is 0.0412. The van der Waals surface area contributed by atoms with Gasteiger partial charge in [-0.15, -0.1) is 0 Å². The van der Waals surface area contributed by atoms with E-state index in [2.05, 4.69) is 39.4 Å². The molecule has 2 N–H and O–H groups in total. The van der Waals surface area contributed by atoms with E-state index in [1.807, 2.05) is 29.2 Å². The van der Waals surface area contributed by atoms with E-state index in [1.54, 1.807) is 12.4 Å². The van der Waals surface area contributed by atoms with Crippen LogP contribution in [0.25, 0.3) is 0 Å². The first-order valence-corrected chi connectivity index (χ1v) is 12.5. The highest BCUT2D eigenvalue weighted by Crippen LogP contribution is 2.41. The monoisotopic (exact) mass is 536 g/mol. The average Bonchev–Trinajstić information content (AvgIpc) is 2.88. The molecule has 1 aliphatic rings. The summed E-state index contributed by atoms with van der Waals surface area (Å²) in [6.07, 6.45) is 4.54. The normalized spacial score (nSPS) is 14.0. The van der Waals surface area contributed by atoms with E-state index in [4.69, 9.17) is 16.3 Å². The molecule has 0 bridgehead atoms. The summed E-state index contributed by atoms with van der Waals surface area (Å²) >= 11 is 6.02. The van der Waals surface area contributed by atoms with Crippen LogP contribution in [0.4, 0.5) is 11.5 Å². The molecular formula is C27H29ClN6O4. The second-order valence-corrected chi connectivity index (χ2v) is 9.80.